The van der Waals surface area contributed by atoms with Crippen molar-refractivity contribution in [3.8, 4) is 5.75 Å². The normalized spacial score (nSPS) is 29.8. The molecule has 2 aromatic carbocycles. The number of hydrogen-bond acceptors (Lipinski definition) is 10. The minimum atomic E-state index is -2.12. The molecule has 47 heavy (non-hydrogen) atoms. The van der Waals surface area contributed by atoms with Crippen LogP contribution in [0.4, 0.5) is 22.7 Å². The summed E-state index contributed by atoms with van der Waals surface area (Å²) in [6.45, 7) is 0. The fourth-order valence-electron chi connectivity index (χ4n) is 7.56. The maximum atomic E-state index is 14.3. The number of aromatic hydroxyl groups is 1. The average molecular weight is 772 g/mol. The first-order valence-corrected chi connectivity index (χ1v) is 16.3. The van der Waals surface area contributed by atoms with Crippen molar-refractivity contribution < 1.29 is 34.1 Å². The Kier molecular flexibility index (Phi) is 7.85. The zero-order valence-electron chi connectivity index (χ0n) is 24.4. The van der Waals surface area contributed by atoms with E-state index in [0.717, 1.165) is 17.0 Å². The molecule has 2 heterocycles. The van der Waals surface area contributed by atoms with Crippen molar-refractivity contribution in [2.24, 2.45) is 17.8 Å². The predicted octanol–water partition coefficient (Wildman–Crippen LogP) is 4.84. The first kappa shape index (κ1) is 33.1. The van der Waals surface area contributed by atoms with Crippen molar-refractivity contribution in [1.82, 2.24) is 4.90 Å². The van der Waals surface area contributed by atoms with Crippen molar-refractivity contribution >= 4 is 97.1 Å². The fourth-order valence-corrected chi connectivity index (χ4v) is 9.26. The number of nitro groups is 2. The Morgan fingerprint density at radius 2 is 1.62 bits per heavy atom. The van der Waals surface area contributed by atoms with Crippen molar-refractivity contribution in [3.63, 3.8) is 0 Å². The summed E-state index contributed by atoms with van der Waals surface area (Å²) in [5.41, 5.74) is -1.63. The van der Waals surface area contributed by atoms with Crippen molar-refractivity contribution in [2.75, 3.05) is 29.3 Å². The van der Waals surface area contributed by atoms with Crippen LogP contribution in [0.25, 0.3) is 0 Å². The molecule has 1 saturated carbocycles. The summed E-state index contributed by atoms with van der Waals surface area (Å²) in [7, 11) is 2.76. The number of hydrogen-bond donors (Lipinski definition) is 1. The Morgan fingerprint density at radius 1 is 1.00 bits per heavy atom. The van der Waals surface area contributed by atoms with E-state index in [9.17, 15) is 44.5 Å². The number of phenols is 1. The molecule has 6 rings (SSSR count). The molecule has 3 fully saturated rings. The number of carbonyl (C=O) groups is 4. The first-order valence-electron chi connectivity index (χ1n) is 14.0. The number of carbonyl (C=O) groups excluding carboxylic acids is 4. The highest BCUT2D eigenvalue weighted by Crippen LogP contribution is 2.66. The van der Waals surface area contributed by atoms with E-state index in [1.54, 1.807) is 6.08 Å². The van der Waals surface area contributed by atoms with Crippen LogP contribution in [0.1, 0.15) is 24.3 Å². The first-order chi connectivity index (χ1) is 22.0. The minimum Gasteiger partial charge on any atom is -0.508 e. The van der Waals surface area contributed by atoms with E-state index >= 15 is 0 Å². The summed E-state index contributed by atoms with van der Waals surface area (Å²) >= 11 is 24.1. The van der Waals surface area contributed by atoms with E-state index in [0.29, 0.717) is 10.5 Å². The number of likely N-dealkylation sites (tertiary alicyclic amines) is 1. The van der Waals surface area contributed by atoms with Gasteiger partial charge in [-0.05, 0) is 36.5 Å². The molecule has 2 aliphatic heterocycles. The lowest BCUT2D eigenvalue weighted by Gasteiger charge is -2.51. The molecule has 246 valence electrons. The molecular formula is C29H23BrCl3N5O9. The molecule has 18 heteroatoms. The van der Waals surface area contributed by atoms with Gasteiger partial charge in [0.1, 0.15) is 5.75 Å². The maximum absolute atomic E-state index is 14.3. The molecule has 4 amide bonds. The van der Waals surface area contributed by atoms with Crippen LogP contribution in [-0.2, 0) is 19.2 Å². The van der Waals surface area contributed by atoms with Gasteiger partial charge in [0.25, 0.3) is 11.8 Å². The van der Waals surface area contributed by atoms with Gasteiger partial charge in [-0.3, -0.25) is 44.3 Å². The second kappa shape index (κ2) is 11.1. The van der Waals surface area contributed by atoms with Gasteiger partial charge in [0, 0.05) is 37.2 Å². The number of allylic oxidation sites excluding steroid dienone is 2. The number of imide groups is 2. The Morgan fingerprint density at radius 3 is 2.15 bits per heavy atom. The smallest absolute Gasteiger partial charge is 0.301 e. The average Bonchev–Trinajstić information content (AvgIpc) is 3.34. The molecule has 14 nitrogen and oxygen atoms in total. The number of amides is 4. The third kappa shape index (κ3) is 4.42. The van der Waals surface area contributed by atoms with Gasteiger partial charge < -0.3 is 10.0 Å². The second-order valence-corrected chi connectivity index (χ2v) is 14.1. The van der Waals surface area contributed by atoms with Crippen molar-refractivity contribution in [1.29, 1.82) is 0 Å². The standard InChI is InChI=1S/C29H23BrCl3N5O9/c1-34(2)23-19(37(44)45)7-12(8-20(23)38(46)47)36-24(40)16-6-5-14-17(21(16)25(36)41)10-28(32)26(42)35(11-30)27(43)29(28,33)22(14)15-4-3-13(39)9-18(15)31/h3-5,7-9,16-17,21-22,39H,6,10-11H2,1-2H3/t16-,17+,21-,22+,28+,29-/m0/s1. The summed E-state index contributed by atoms with van der Waals surface area (Å²) < 4.78 is 0. The number of rotatable bonds is 6. The number of anilines is 2. The van der Waals surface area contributed by atoms with Gasteiger partial charge in [0.05, 0.1) is 32.8 Å². The van der Waals surface area contributed by atoms with E-state index in [2.05, 4.69) is 15.9 Å². The van der Waals surface area contributed by atoms with Gasteiger partial charge >= 0.3 is 11.4 Å². The predicted molar refractivity (Wildman–Crippen MR) is 173 cm³/mol. The number of phenolic OH excluding ortho intramolecular Hbond substituents is 1. The molecule has 4 aliphatic rings. The van der Waals surface area contributed by atoms with Gasteiger partial charge in [0.15, 0.2) is 15.4 Å². The summed E-state index contributed by atoms with van der Waals surface area (Å²) in [6, 6.07) is 5.86. The SMILES string of the molecule is CN(C)c1c([N+](=O)[O-])cc(N2C(=O)[C@H]3[C@H](CC=C4[C@H]3C[C@@]3(Cl)C(=O)N(CBr)C(=O)[C@@]3(Cl)[C@H]4c3ccc(O)cc3Cl)C2=O)cc1[N+](=O)[O-]. The van der Waals surface area contributed by atoms with Crippen LogP contribution in [0, 0.1) is 38.0 Å². The van der Waals surface area contributed by atoms with E-state index in [4.69, 9.17) is 34.8 Å². The van der Waals surface area contributed by atoms with Crippen LogP contribution in [0.15, 0.2) is 42.0 Å². The van der Waals surface area contributed by atoms with Crippen LogP contribution in [0.2, 0.25) is 5.02 Å². The van der Waals surface area contributed by atoms with E-state index < -0.39 is 78.3 Å². The van der Waals surface area contributed by atoms with Crippen LogP contribution < -0.4 is 9.80 Å². The molecule has 0 bridgehead atoms. The molecule has 0 aromatic heterocycles. The summed E-state index contributed by atoms with van der Waals surface area (Å²) in [6.07, 6.45) is 1.29. The molecule has 1 N–H and O–H groups in total. The van der Waals surface area contributed by atoms with Crippen molar-refractivity contribution in [3.05, 3.63) is 72.8 Å². The van der Waals surface area contributed by atoms with Gasteiger partial charge in [0.2, 0.25) is 11.8 Å². The molecule has 0 radical (unpaired) electrons. The van der Waals surface area contributed by atoms with Gasteiger partial charge in [-0.25, -0.2) is 4.90 Å². The van der Waals surface area contributed by atoms with Gasteiger partial charge in [-0.15, -0.1) is 23.2 Å². The quantitative estimate of drug-likeness (QED) is 0.106. The highest BCUT2D eigenvalue weighted by Gasteiger charge is 2.76. The lowest BCUT2D eigenvalue weighted by atomic mass is 9.56. The lowest BCUT2D eigenvalue weighted by Crippen LogP contribution is -2.60. The summed E-state index contributed by atoms with van der Waals surface area (Å²) in [4.78, 5) is 76.7. The summed E-state index contributed by atoms with van der Waals surface area (Å²) in [5.74, 6) is -7.72. The lowest BCUT2D eigenvalue weighted by molar-refractivity contribution is -0.392. The zero-order chi connectivity index (χ0) is 34.5. The molecule has 2 saturated heterocycles. The number of fused-ring (bicyclic) bond motifs is 4. The summed E-state index contributed by atoms with van der Waals surface area (Å²) in [5, 5.41) is 34.1. The van der Waals surface area contributed by atoms with Crippen LogP contribution >= 0.6 is 50.7 Å². The highest BCUT2D eigenvalue weighted by molar-refractivity contribution is 9.09. The topological polar surface area (TPSA) is 185 Å². The number of nitro benzene ring substituents is 2. The van der Waals surface area contributed by atoms with E-state index in [1.807, 2.05) is 0 Å². The second-order valence-electron chi connectivity index (χ2n) is 11.9. The zero-order valence-corrected chi connectivity index (χ0v) is 28.2. The number of alkyl halides is 3. The third-order valence-corrected chi connectivity index (χ3v) is 11.7. The molecule has 2 aromatic rings. The molecule has 2 aliphatic carbocycles. The third-order valence-electron chi connectivity index (χ3n) is 9.46. The highest BCUT2D eigenvalue weighted by atomic mass is 79.9. The largest absolute Gasteiger partial charge is 0.508 e. The van der Waals surface area contributed by atoms with E-state index in [1.165, 1.54) is 37.2 Å². The van der Waals surface area contributed by atoms with Gasteiger partial charge in [-0.2, -0.15) is 0 Å². The Bertz CT molecular complexity index is 1840. The number of nitrogens with zero attached hydrogens (tertiary/aromatic N) is 5. The monoisotopic (exact) mass is 769 g/mol. The van der Waals surface area contributed by atoms with Crippen LogP contribution in [0.5, 0.6) is 5.75 Å². The van der Waals surface area contributed by atoms with Crippen LogP contribution in [0.3, 0.4) is 0 Å². The Hall–Kier alpha value is -3.79. The van der Waals surface area contributed by atoms with Crippen LogP contribution in [-0.4, -0.2) is 72.8 Å². The molecular weight excluding hydrogens is 749 g/mol. The molecule has 0 unspecified atom stereocenters. The number of benzene rings is 2. The Labute approximate surface area is 289 Å². The Balaban J connectivity index is 1.52. The maximum Gasteiger partial charge on any atom is 0.301 e. The molecule has 6 atom stereocenters. The molecule has 0 spiro atoms. The van der Waals surface area contributed by atoms with Crippen molar-refractivity contribution in [2.45, 2.75) is 28.5 Å². The van der Waals surface area contributed by atoms with Gasteiger partial charge in [-0.1, -0.05) is 45.2 Å². The fraction of sp³-hybridized carbons (Fsp3) is 0.379. The number of halogens is 4. The minimum absolute atomic E-state index is 0.00584. The van der Waals surface area contributed by atoms with E-state index in [-0.39, 0.29) is 46.0 Å².